The first-order valence-corrected chi connectivity index (χ1v) is 7.38. The van der Waals surface area contributed by atoms with Gasteiger partial charge in [-0.25, -0.2) is 10.5 Å². The summed E-state index contributed by atoms with van der Waals surface area (Å²) in [6, 6.07) is 0. The van der Waals surface area contributed by atoms with E-state index in [0.29, 0.717) is 0 Å². The molecule has 110 valence electrons. The maximum Gasteiger partial charge on any atom is 0.272 e. The number of hydroxylamine groups is 1. The van der Waals surface area contributed by atoms with E-state index >= 15 is 0 Å². The Morgan fingerprint density at radius 1 is 1.35 bits per heavy atom. The summed E-state index contributed by atoms with van der Waals surface area (Å²) in [6.07, 6.45) is 11.4. The second kappa shape index (κ2) is 6.37. The normalized spacial score (nSPS) is 27.0. The van der Waals surface area contributed by atoms with Crippen molar-refractivity contribution in [3.05, 3.63) is 18.7 Å². The Bertz CT molecular complexity index is 429. The lowest BCUT2D eigenvalue weighted by Gasteiger charge is -2.16. The average molecular weight is 279 g/mol. The molecule has 6 heteroatoms. The molecule has 1 aliphatic heterocycles. The number of nitrogens with one attached hydrogen (secondary N) is 1. The molecular weight excluding hydrogens is 258 g/mol. The van der Waals surface area contributed by atoms with Crippen LogP contribution in [0.1, 0.15) is 38.5 Å². The zero-order chi connectivity index (χ0) is 13.8. The summed E-state index contributed by atoms with van der Waals surface area (Å²) in [5, 5.41) is 0. The van der Waals surface area contributed by atoms with Gasteiger partial charge in [-0.3, -0.25) is 9.63 Å². The molecule has 1 saturated heterocycles. The number of imidazole rings is 1. The van der Waals surface area contributed by atoms with Crippen LogP contribution in [-0.4, -0.2) is 33.8 Å². The molecule has 3 rings (SSSR count). The Kier molecular flexibility index (Phi) is 4.32. The predicted molar refractivity (Wildman–Crippen MR) is 71.6 cm³/mol. The number of hydrogen-bond acceptors (Lipinski definition) is 4. The lowest BCUT2D eigenvalue weighted by molar-refractivity contribution is -0.149. The summed E-state index contributed by atoms with van der Waals surface area (Å²) >= 11 is 0. The fraction of sp³-hybridized carbons (Fsp3) is 0.714. The van der Waals surface area contributed by atoms with Crippen molar-refractivity contribution in [1.29, 1.82) is 0 Å². The third-order valence-corrected chi connectivity index (χ3v) is 4.00. The van der Waals surface area contributed by atoms with Crippen LogP contribution in [0.25, 0.3) is 0 Å². The molecule has 2 aliphatic rings. The molecule has 1 aliphatic carbocycles. The van der Waals surface area contributed by atoms with E-state index in [-0.39, 0.29) is 24.2 Å². The SMILES string of the molecule is O=C(NOC1CCCC1)[C@@H]1CC[C@H](Cn2ccnc2)O1. The zero-order valence-corrected chi connectivity index (χ0v) is 11.5. The minimum absolute atomic E-state index is 0.0754. The van der Waals surface area contributed by atoms with Gasteiger partial charge < -0.3 is 9.30 Å². The number of ether oxygens (including phenoxy) is 1. The molecule has 1 aromatic rings. The van der Waals surface area contributed by atoms with Crippen molar-refractivity contribution in [3.63, 3.8) is 0 Å². The van der Waals surface area contributed by atoms with E-state index in [2.05, 4.69) is 10.5 Å². The van der Waals surface area contributed by atoms with E-state index in [4.69, 9.17) is 9.57 Å². The molecule has 20 heavy (non-hydrogen) atoms. The number of carbonyl (C=O) groups excluding carboxylic acids is 1. The molecule has 0 radical (unpaired) electrons. The van der Waals surface area contributed by atoms with Crippen molar-refractivity contribution >= 4 is 5.91 Å². The minimum atomic E-state index is -0.384. The summed E-state index contributed by atoms with van der Waals surface area (Å²) < 4.78 is 7.74. The minimum Gasteiger partial charge on any atom is -0.363 e. The number of amides is 1. The predicted octanol–water partition coefficient (Wildman–Crippen LogP) is 1.42. The van der Waals surface area contributed by atoms with Crippen LogP contribution in [0.3, 0.4) is 0 Å². The first-order chi connectivity index (χ1) is 9.81. The number of rotatable bonds is 5. The van der Waals surface area contributed by atoms with Crippen LogP contribution in [0.4, 0.5) is 0 Å². The highest BCUT2D eigenvalue weighted by Gasteiger charge is 2.31. The third kappa shape index (κ3) is 3.37. The summed E-state index contributed by atoms with van der Waals surface area (Å²) in [6.45, 7) is 0.743. The van der Waals surface area contributed by atoms with E-state index < -0.39 is 0 Å². The largest absolute Gasteiger partial charge is 0.363 e. The fourth-order valence-corrected chi connectivity index (χ4v) is 2.88. The van der Waals surface area contributed by atoms with Gasteiger partial charge in [-0.2, -0.15) is 0 Å². The quantitative estimate of drug-likeness (QED) is 0.828. The number of nitrogens with zero attached hydrogens (tertiary/aromatic N) is 2. The molecule has 0 bridgehead atoms. The van der Waals surface area contributed by atoms with Gasteiger partial charge in [0, 0.05) is 18.9 Å². The molecule has 2 fully saturated rings. The molecule has 2 heterocycles. The van der Waals surface area contributed by atoms with Crippen LogP contribution >= 0.6 is 0 Å². The van der Waals surface area contributed by atoms with Crippen molar-refractivity contribution in [1.82, 2.24) is 15.0 Å². The second-order valence-electron chi connectivity index (χ2n) is 5.57. The van der Waals surface area contributed by atoms with Gasteiger partial charge in [0.25, 0.3) is 5.91 Å². The zero-order valence-electron chi connectivity index (χ0n) is 11.5. The Balaban J connectivity index is 1.40. The molecule has 0 aromatic carbocycles. The van der Waals surface area contributed by atoms with Crippen molar-refractivity contribution in [2.45, 2.75) is 63.4 Å². The van der Waals surface area contributed by atoms with Crippen LogP contribution < -0.4 is 5.48 Å². The Labute approximate surface area is 118 Å². The second-order valence-corrected chi connectivity index (χ2v) is 5.57. The number of aromatic nitrogens is 2. The van der Waals surface area contributed by atoms with Crippen molar-refractivity contribution in [2.24, 2.45) is 0 Å². The fourth-order valence-electron chi connectivity index (χ4n) is 2.88. The van der Waals surface area contributed by atoms with Crippen molar-refractivity contribution < 1.29 is 14.4 Å². The van der Waals surface area contributed by atoms with Gasteiger partial charge in [-0.1, -0.05) is 12.8 Å². The molecule has 1 saturated carbocycles. The topological polar surface area (TPSA) is 65.4 Å². The van der Waals surface area contributed by atoms with Crippen LogP contribution in [-0.2, 0) is 20.9 Å². The van der Waals surface area contributed by atoms with E-state index in [9.17, 15) is 4.79 Å². The van der Waals surface area contributed by atoms with Crippen LogP contribution in [0.5, 0.6) is 0 Å². The lowest BCUT2D eigenvalue weighted by Crippen LogP contribution is -2.37. The molecular formula is C14H21N3O3. The van der Waals surface area contributed by atoms with Gasteiger partial charge in [-0.15, -0.1) is 0 Å². The van der Waals surface area contributed by atoms with Gasteiger partial charge in [0.2, 0.25) is 0 Å². The van der Waals surface area contributed by atoms with Crippen LogP contribution in [0.2, 0.25) is 0 Å². The highest BCUT2D eigenvalue weighted by Crippen LogP contribution is 2.22. The highest BCUT2D eigenvalue weighted by molar-refractivity contribution is 5.80. The molecule has 1 amide bonds. The molecule has 2 atom stereocenters. The highest BCUT2D eigenvalue weighted by atomic mass is 16.7. The first-order valence-electron chi connectivity index (χ1n) is 7.38. The van der Waals surface area contributed by atoms with E-state index in [1.807, 2.05) is 10.8 Å². The average Bonchev–Trinajstić information content (AvgIpc) is 3.19. The molecule has 6 nitrogen and oxygen atoms in total. The summed E-state index contributed by atoms with van der Waals surface area (Å²) in [4.78, 5) is 21.4. The smallest absolute Gasteiger partial charge is 0.272 e. The van der Waals surface area contributed by atoms with E-state index in [1.54, 1.807) is 12.5 Å². The van der Waals surface area contributed by atoms with Crippen molar-refractivity contribution in [3.8, 4) is 0 Å². The molecule has 0 spiro atoms. The summed E-state index contributed by atoms with van der Waals surface area (Å²) in [5.74, 6) is -0.148. The van der Waals surface area contributed by atoms with Crippen molar-refractivity contribution in [2.75, 3.05) is 0 Å². The van der Waals surface area contributed by atoms with Gasteiger partial charge in [-0.05, 0) is 25.7 Å². The van der Waals surface area contributed by atoms with Crippen LogP contribution in [0, 0.1) is 0 Å². The maximum absolute atomic E-state index is 12.0. The standard InChI is InChI=1S/C14H21N3O3/c18-14(16-20-11-3-1-2-4-11)13-6-5-12(19-13)9-17-8-7-15-10-17/h7-8,10-13H,1-6,9H2,(H,16,18)/t12-,13+/m1/s1. The van der Waals surface area contributed by atoms with Gasteiger partial charge >= 0.3 is 0 Å². The van der Waals surface area contributed by atoms with Crippen LogP contribution in [0.15, 0.2) is 18.7 Å². The maximum atomic E-state index is 12.0. The van der Waals surface area contributed by atoms with E-state index in [0.717, 1.165) is 32.2 Å². The Morgan fingerprint density at radius 3 is 2.95 bits per heavy atom. The van der Waals surface area contributed by atoms with E-state index in [1.165, 1.54) is 12.8 Å². The van der Waals surface area contributed by atoms with Gasteiger partial charge in [0.15, 0.2) is 0 Å². The lowest BCUT2D eigenvalue weighted by atomic mass is 10.2. The summed E-state index contributed by atoms with van der Waals surface area (Å²) in [5.41, 5.74) is 2.56. The molecule has 1 N–H and O–H groups in total. The number of carbonyl (C=O) groups is 1. The third-order valence-electron chi connectivity index (χ3n) is 4.00. The Hall–Kier alpha value is -1.40. The number of hydrogen-bond donors (Lipinski definition) is 1. The first kappa shape index (κ1) is 13.6. The van der Waals surface area contributed by atoms with Gasteiger partial charge in [0.1, 0.15) is 6.10 Å². The molecule has 1 aromatic heterocycles. The molecule has 0 unspecified atom stereocenters. The monoisotopic (exact) mass is 279 g/mol. The summed E-state index contributed by atoms with van der Waals surface area (Å²) in [7, 11) is 0. The van der Waals surface area contributed by atoms with Gasteiger partial charge in [0.05, 0.1) is 18.5 Å². The Morgan fingerprint density at radius 2 is 2.20 bits per heavy atom.